The average molecular weight is 471 g/mol. The Bertz CT molecular complexity index is 1010. The van der Waals surface area contributed by atoms with E-state index in [1.54, 1.807) is 0 Å². The molecule has 0 amide bonds. The Morgan fingerprint density at radius 1 is 0.486 bits per heavy atom. The maximum absolute atomic E-state index is 11.7. The molecule has 35 heavy (non-hydrogen) atoms. The Hall–Kier alpha value is -2.48. The first-order valence-electron chi connectivity index (χ1n) is 14.3. The van der Waals surface area contributed by atoms with E-state index in [1.807, 2.05) is 0 Å². The monoisotopic (exact) mass is 470 g/mol. The molecule has 2 nitrogen and oxygen atoms in total. The second kappa shape index (κ2) is 14.2. The molecule has 0 saturated heterocycles. The van der Waals surface area contributed by atoms with Crippen molar-refractivity contribution < 1.29 is 4.70 Å². The third kappa shape index (κ3) is 7.03. The number of benzene rings is 2. The van der Waals surface area contributed by atoms with Crippen molar-refractivity contribution in [2.45, 2.75) is 111 Å². The van der Waals surface area contributed by atoms with E-state index in [0.29, 0.717) is 0 Å². The lowest BCUT2D eigenvalue weighted by Gasteiger charge is -2.11. The number of allylic oxidation sites excluding steroid dienone is 2. The second-order valence-electron chi connectivity index (χ2n) is 10.1. The normalized spacial score (nSPS) is 13.9. The third-order valence-electron chi connectivity index (χ3n) is 7.26. The van der Waals surface area contributed by atoms with E-state index >= 15 is 0 Å². The van der Waals surface area contributed by atoms with Crippen LogP contribution in [0.1, 0.15) is 121 Å². The van der Waals surface area contributed by atoms with Gasteiger partial charge in [0.15, 0.2) is 0 Å². The van der Waals surface area contributed by atoms with Gasteiger partial charge in [-0.3, -0.25) is 0 Å². The van der Waals surface area contributed by atoms with Crippen LogP contribution in [-0.2, 0) is 12.8 Å². The molecule has 3 rings (SSSR count). The van der Waals surface area contributed by atoms with Gasteiger partial charge in [0.25, 0.3) is 0 Å². The summed E-state index contributed by atoms with van der Waals surface area (Å²) in [6, 6.07) is 17.9. The van der Waals surface area contributed by atoms with Gasteiger partial charge in [-0.2, -0.15) is 0 Å². The van der Waals surface area contributed by atoms with Crippen LogP contribution in [0, 0.1) is 0 Å². The molecule has 0 radical (unpaired) electrons. The summed E-state index contributed by atoms with van der Waals surface area (Å²) >= 11 is 0. The van der Waals surface area contributed by atoms with Crippen molar-refractivity contribution >= 4 is 11.4 Å². The molecule has 0 aliphatic carbocycles. The van der Waals surface area contributed by atoms with Crippen molar-refractivity contribution in [2.75, 3.05) is 0 Å². The van der Waals surface area contributed by atoms with Gasteiger partial charge in [-0.15, -0.1) is 0 Å². The summed E-state index contributed by atoms with van der Waals surface area (Å²) in [5.74, 6) is 0. The van der Waals surface area contributed by atoms with Crippen LogP contribution in [-0.4, -0.2) is 4.70 Å². The Labute approximate surface area is 214 Å². The fourth-order valence-electron chi connectivity index (χ4n) is 5.11. The van der Waals surface area contributed by atoms with Crippen molar-refractivity contribution in [3.63, 3.8) is 0 Å². The molecule has 0 fully saturated rings. The molecule has 2 aromatic rings. The molecule has 188 valence electrons. The van der Waals surface area contributed by atoms with Crippen molar-refractivity contribution in [1.29, 1.82) is 0 Å². The lowest BCUT2D eigenvalue weighted by molar-refractivity contribution is -0.345. The second-order valence-corrected chi connectivity index (χ2v) is 10.1. The molecule has 0 N–H and O–H groups in total. The van der Waals surface area contributed by atoms with Crippen LogP contribution >= 0.6 is 0 Å². The van der Waals surface area contributed by atoms with Crippen LogP contribution in [0.15, 0.2) is 59.7 Å². The minimum atomic E-state index is 0.997. The highest BCUT2D eigenvalue weighted by molar-refractivity contribution is 5.82. The van der Waals surface area contributed by atoms with Crippen LogP contribution in [0.2, 0.25) is 0 Å². The van der Waals surface area contributed by atoms with Crippen LogP contribution in [0.25, 0.3) is 16.9 Å². The molecule has 0 bridgehead atoms. The fourth-order valence-corrected chi connectivity index (χ4v) is 5.11. The Balaban J connectivity index is 2.02. The lowest BCUT2D eigenvalue weighted by Crippen LogP contribution is -2.03. The Morgan fingerprint density at radius 2 is 0.857 bits per heavy atom. The first kappa shape index (κ1) is 27.1. The summed E-state index contributed by atoms with van der Waals surface area (Å²) in [5, 5.41) is 0. The van der Waals surface area contributed by atoms with Gasteiger partial charge in [-0.05, 0) is 86.8 Å². The maximum Gasteiger partial charge on any atom is 0.211 e. The van der Waals surface area contributed by atoms with Crippen molar-refractivity contribution in [3.05, 3.63) is 87.5 Å². The number of rotatable bonds is 15. The molecule has 1 aliphatic heterocycles. The first-order valence-corrected chi connectivity index (χ1v) is 14.3. The molecule has 0 aromatic heterocycles. The van der Waals surface area contributed by atoms with Crippen LogP contribution < -0.4 is 0 Å². The van der Waals surface area contributed by atoms with Crippen LogP contribution in [0.3, 0.4) is 0 Å². The number of unbranched alkanes of at least 4 members (excludes halogenated alkanes) is 5. The van der Waals surface area contributed by atoms with Gasteiger partial charge >= 0.3 is 0 Å². The van der Waals surface area contributed by atoms with Crippen molar-refractivity contribution in [1.82, 2.24) is 0 Å². The molecular weight excluding hydrogens is 424 g/mol. The zero-order valence-corrected chi connectivity index (χ0v) is 22.7. The van der Waals surface area contributed by atoms with Crippen LogP contribution in [0.4, 0.5) is 0 Å². The van der Waals surface area contributed by atoms with Gasteiger partial charge in [-0.25, -0.2) is 4.70 Å². The summed E-state index contributed by atoms with van der Waals surface area (Å²) in [6.45, 7) is 9.00. The average Bonchev–Trinajstić information content (AvgIpc) is 3.16. The topological polar surface area (TPSA) is 25.3 Å². The van der Waals surface area contributed by atoms with E-state index in [2.05, 4.69) is 76.2 Å². The number of aryl methyl sites for hydroxylation is 2. The maximum atomic E-state index is 11.7. The smallest absolute Gasteiger partial charge is 0.211 e. The molecular formula is C33H46N2. The molecule has 0 saturated carbocycles. The molecule has 1 aliphatic rings. The van der Waals surface area contributed by atoms with E-state index in [-0.39, 0.29) is 0 Å². The number of nitrogens with zero attached hydrogens (tertiary/aromatic N) is 2. The molecule has 0 atom stereocenters. The van der Waals surface area contributed by atoms with Crippen molar-refractivity contribution in [3.8, 4) is 0 Å². The van der Waals surface area contributed by atoms with E-state index in [4.69, 9.17) is 0 Å². The van der Waals surface area contributed by atoms with Gasteiger partial charge in [-0.1, -0.05) is 84.1 Å². The summed E-state index contributed by atoms with van der Waals surface area (Å²) in [7, 11) is 0. The highest BCUT2D eigenvalue weighted by atomic mass is 15.2. The fraction of sp³-hybridized carbons (Fsp3) is 0.515. The van der Waals surface area contributed by atoms with E-state index in [1.165, 1.54) is 65.5 Å². The van der Waals surface area contributed by atoms with Gasteiger partial charge in [0.2, 0.25) is 11.4 Å². The molecule has 1 heterocycles. The highest BCUT2D eigenvalue weighted by Gasteiger charge is 2.35. The summed E-state index contributed by atoms with van der Waals surface area (Å²) in [5.41, 5.74) is 21.4. The van der Waals surface area contributed by atoms with E-state index in [0.717, 1.165) is 67.5 Å². The molecule has 0 unspecified atom stereocenters. The Morgan fingerprint density at radius 3 is 1.26 bits per heavy atom. The van der Waals surface area contributed by atoms with Crippen LogP contribution in [0.5, 0.6) is 0 Å². The SMILES string of the molecule is CCCCCC1=C(c2ccc(CCCC)cc2)[N+](=[N-])C(c2ccc(CCCC)cc2)=C1CCCC. The highest BCUT2D eigenvalue weighted by Crippen LogP contribution is 2.44. The van der Waals surface area contributed by atoms with Gasteiger partial charge in [0.05, 0.1) is 0 Å². The number of hydrogen-bond acceptors (Lipinski definition) is 0. The minimum Gasteiger partial charge on any atom is -0.493 e. The van der Waals surface area contributed by atoms with Crippen molar-refractivity contribution in [2.24, 2.45) is 0 Å². The number of hydrogen-bond donors (Lipinski definition) is 0. The molecule has 2 aromatic carbocycles. The van der Waals surface area contributed by atoms with E-state index < -0.39 is 0 Å². The van der Waals surface area contributed by atoms with Gasteiger partial charge < -0.3 is 5.53 Å². The minimum absolute atomic E-state index is 0.997. The largest absolute Gasteiger partial charge is 0.493 e. The predicted molar refractivity (Wildman–Crippen MR) is 151 cm³/mol. The van der Waals surface area contributed by atoms with Gasteiger partial charge in [0, 0.05) is 22.3 Å². The molecule has 0 spiro atoms. The summed E-state index contributed by atoms with van der Waals surface area (Å²) < 4.78 is 1.52. The molecule has 2 heteroatoms. The Kier molecular flexibility index (Phi) is 11.0. The third-order valence-corrected chi connectivity index (χ3v) is 7.26. The zero-order chi connectivity index (χ0) is 25.0. The summed E-state index contributed by atoms with van der Waals surface area (Å²) in [4.78, 5) is 0. The first-order chi connectivity index (χ1) is 17.1. The standard InChI is InChI=1S/C33H46N2/c1-5-9-13-17-31-30(16-12-8-4)32(28-22-18-26(19-23-28)14-10-6-2)35(34)33(31)29-24-20-27(21-25-29)15-11-7-3/h18-25H,5-17H2,1-4H3. The lowest BCUT2D eigenvalue weighted by atomic mass is 9.91. The predicted octanol–water partition coefficient (Wildman–Crippen LogP) is 10.3. The van der Waals surface area contributed by atoms with E-state index in [9.17, 15) is 5.53 Å². The van der Waals surface area contributed by atoms with Gasteiger partial charge in [0.1, 0.15) is 0 Å². The quantitative estimate of drug-likeness (QED) is 0.183. The zero-order valence-electron chi connectivity index (χ0n) is 22.7. The summed E-state index contributed by atoms with van der Waals surface area (Å²) in [6.07, 6.45) is 15.0.